The first-order valence-corrected chi connectivity index (χ1v) is 3.19. The molecule has 0 aliphatic carbocycles. The van der Waals surface area contributed by atoms with E-state index in [0.29, 0.717) is 19.7 Å². The lowest BCUT2D eigenvalue weighted by Crippen LogP contribution is -2.22. The van der Waals surface area contributed by atoms with E-state index >= 15 is 0 Å². The molecule has 0 amide bonds. The van der Waals surface area contributed by atoms with Crippen LogP contribution < -0.4 is 5.32 Å². The predicted molar refractivity (Wildman–Crippen MR) is 37.0 cm³/mol. The summed E-state index contributed by atoms with van der Waals surface area (Å²) < 4.78 is 4.74. The molecule has 60 valence electrons. The second-order valence-electron chi connectivity index (χ2n) is 1.89. The molecule has 0 aliphatic heterocycles. The van der Waals surface area contributed by atoms with Gasteiger partial charge in [0, 0.05) is 20.2 Å². The van der Waals surface area contributed by atoms with Crippen LogP contribution in [0.15, 0.2) is 0 Å². The minimum absolute atomic E-state index is 0.170. The quantitative estimate of drug-likeness (QED) is 0.506. The first kappa shape index (κ1) is 9.39. The fourth-order valence-electron chi connectivity index (χ4n) is 0.495. The van der Waals surface area contributed by atoms with Crippen LogP contribution in [0.25, 0.3) is 0 Å². The standard InChI is InChI=1S/C6H13NO3/c1-10-5-4-7-3-2-6(8)9/h7H,2-5H2,1H3,(H,8,9). The second kappa shape index (κ2) is 6.51. The minimum atomic E-state index is -0.773. The fourth-order valence-corrected chi connectivity index (χ4v) is 0.495. The molecule has 0 fully saturated rings. The van der Waals surface area contributed by atoms with Crippen LogP contribution in [0, 0.1) is 0 Å². The molecule has 0 radical (unpaired) electrons. The first-order valence-electron chi connectivity index (χ1n) is 3.19. The van der Waals surface area contributed by atoms with E-state index in [1.807, 2.05) is 0 Å². The van der Waals surface area contributed by atoms with E-state index in [4.69, 9.17) is 9.84 Å². The normalized spacial score (nSPS) is 9.70. The molecule has 0 atom stereocenters. The molecule has 0 unspecified atom stereocenters. The number of aliphatic carboxylic acids is 1. The number of ether oxygens (including phenoxy) is 1. The van der Waals surface area contributed by atoms with Gasteiger partial charge < -0.3 is 15.2 Å². The minimum Gasteiger partial charge on any atom is -0.481 e. The lowest BCUT2D eigenvalue weighted by molar-refractivity contribution is -0.136. The molecule has 0 rings (SSSR count). The molecule has 0 aromatic carbocycles. The first-order chi connectivity index (χ1) is 4.77. The third-order valence-corrected chi connectivity index (χ3v) is 0.999. The summed E-state index contributed by atoms with van der Waals surface area (Å²) in [6.07, 6.45) is 0.170. The Balaban J connectivity index is 2.84. The molecular weight excluding hydrogens is 134 g/mol. The number of methoxy groups -OCH3 is 1. The maximum Gasteiger partial charge on any atom is 0.304 e. The van der Waals surface area contributed by atoms with Gasteiger partial charge in [-0.2, -0.15) is 0 Å². The van der Waals surface area contributed by atoms with Crippen molar-refractivity contribution in [1.29, 1.82) is 0 Å². The van der Waals surface area contributed by atoms with Crippen LogP contribution in [0.2, 0.25) is 0 Å². The second-order valence-corrected chi connectivity index (χ2v) is 1.89. The predicted octanol–water partition coefficient (Wildman–Crippen LogP) is -0.303. The summed E-state index contributed by atoms with van der Waals surface area (Å²) in [6.45, 7) is 1.85. The van der Waals surface area contributed by atoms with E-state index in [-0.39, 0.29) is 6.42 Å². The third kappa shape index (κ3) is 7.39. The largest absolute Gasteiger partial charge is 0.481 e. The van der Waals surface area contributed by atoms with E-state index in [1.54, 1.807) is 7.11 Å². The molecular formula is C6H13NO3. The van der Waals surface area contributed by atoms with Crippen molar-refractivity contribution in [3.05, 3.63) is 0 Å². The van der Waals surface area contributed by atoms with E-state index in [1.165, 1.54) is 0 Å². The van der Waals surface area contributed by atoms with Crippen molar-refractivity contribution in [3.8, 4) is 0 Å². The maximum absolute atomic E-state index is 9.96. The molecule has 0 bridgehead atoms. The van der Waals surface area contributed by atoms with Gasteiger partial charge in [0.25, 0.3) is 0 Å². The van der Waals surface area contributed by atoms with Crippen molar-refractivity contribution < 1.29 is 14.6 Å². The Bertz CT molecular complexity index is 95.0. The highest BCUT2D eigenvalue weighted by Crippen LogP contribution is 1.74. The number of carbonyl (C=O) groups is 1. The van der Waals surface area contributed by atoms with Gasteiger partial charge in [-0.3, -0.25) is 4.79 Å². The molecule has 0 spiro atoms. The topological polar surface area (TPSA) is 58.6 Å². The Morgan fingerprint density at radius 1 is 1.60 bits per heavy atom. The van der Waals surface area contributed by atoms with Gasteiger partial charge in [-0.05, 0) is 0 Å². The molecule has 0 aromatic rings. The van der Waals surface area contributed by atoms with Crippen LogP contribution >= 0.6 is 0 Å². The zero-order valence-electron chi connectivity index (χ0n) is 6.09. The van der Waals surface area contributed by atoms with Crippen LogP contribution in [-0.4, -0.2) is 37.9 Å². The van der Waals surface area contributed by atoms with Gasteiger partial charge in [0.1, 0.15) is 0 Å². The van der Waals surface area contributed by atoms with Gasteiger partial charge in [-0.15, -0.1) is 0 Å². The molecule has 0 aromatic heterocycles. The third-order valence-electron chi connectivity index (χ3n) is 0.999. The van der Waals surface area contributed by atoms with Crippen LogP contribution in [0.5, 0.6) is 0 Å². The van der Waals surface area contributed by atoms with Crippen LogP contribution in [0.4, 0.5) is 0 Å². The maximum atomic E-state index is 9.96. The van der Waals surface area contributed by atoms with E-state index in [9.17, 15) is 4.79 Å². The molecule has 0 saturated heterocycles. The molecule has 0 heterocycles. The SMILES string of the molecule is COCCNCCC(=O)O. The zero-order chi connectivity index (χ0) is 7.82. The van der Waals surface area contributed by atoms with Gasteiger partial charge >= 0.3 is 5.97 Å². The van der Waals surface area contributed by atoms with E-state index in [2.05, 4.69) is 5.32 Å². The number of hydrogen-bond acceptors (Lipinski definition) is 3. The number of rotatable bonds is 6. The van der Waals surface area contributed by atoms with Crippen LogP contribution in [-0.2, 0) is 9.53 Å². The summed E-state index contributed by atoms with van der Waals surface area (Å²) in [7, 11) is 1.61. The Morgan fingerprint density at radius 3 is 2.80 bits per heavy atom. The van der Waals surface area contributed by atoms with Crippen molar-refractivity contribution in [2.24, 2.45) is 0 Å². The Morgan fingerprint density at radius 2 is 2.30 bits per heavy atom. The van der Waals surface area contributed by atoms with Crippen molar-refractivity contribution in [2.75, 3.05) is 26.8 Å². The molecule has 2 N–H and O–H groups in total. The van der Waals surface area contributed by atoms with Gasteiger partial charge in [0.05, 0.1) is 13.0 Å². The average molecular weight is 147 g/mol. The van der Waals surface area contributed by atoms with Crippen molar-refractivity contribution in [2.45, 2.75) is 6.42 Å². The van der Waals surface area contributed by atoms with Gasteiger partial charge in [-0.25, -0.2) is 0 Å². The summed E-state index contributed by atoms with van der Waals surface area (Å²) >= 11 is 0. The van der Waals surface area contributed by atoms with Crippen molar-refractivity contribution in [1.82, 2.24) is 5.32 Å². The number of hydrogen-bond donors (Lipinski definition) is 2. The Hall–Kier alpha value is -0.610. The lowest BCUT2D eigenvalue weighted by Gasteiger charge is -1.99. The van der Waals surface area contributed by atoms with Crippen molar-refractivity contribution >= 4 is 5.97 Å². The molecule has 0 aliphatic rings. The molecule has 0 saturated carbocycles. The van der Waals surface area contributed by atoms with Gasteiger partial charge in [0.2, 0.25) is 0 Å². The highest BCUT2D eigenvalue weighted by molar-refractivity contribution is 5.66. The van der Waals surface area contributed by atoms with Crippen LogP contribution in [0.3, 0.4) is 0 Å². The zero-order valence-corrected chi connectivity index (χ0v) is 6.09. The Labute approximate surface area is 60.2 Å². The number of carboxylic acid groups (broad SMARTS) is 1. The van der Waals surface area contributed by atoms with E-state index < -0.39 is 5.97 Å². The Kier molecular flexibility index (Phi) is 6.11. The smallest absolute Gasteiger partial charge is 0.304 e. The van der Waals surface area contributed by atoms with Crippen LogP contribution in [0.1, 0.15) is 6.42 Å². The van der Waals surface area contributed by atoms with Gasteiger partial charge in [0.15, 0.2) is 0 Å². The summed E-state index contributed by atoms with van der Waals surface area (Å²) in [5, 5.41) is 11.1. The lowest BCUT2D eigenvalue weighted by atomic mass is 10.4. The highest BCUT2D eigenvalue weighted by atomic mass is 16.5. The highest BCUT2D eigenvalue weighted by Gasteiger charge is 1.93. The summed E-state index contributed by atoms with van der Waals surface area (Å²) in [5.74, 6) is -0.773. The molecule has 4 nitrogen and oxygen atoms in total. The number of carboxylic acids is 1. The summed E-state index contributed by atoms with van der Waals surface area (Å²) in [4.78, 5) is 9.96. The summed E-state index contributed by atoms with van der Waals surface area (Å²) in [5.41, 5.74) is 0. The number of nitrogens with one attached hydrogen (secondary N) is 1. The fraction of sp³-hybridized carbons (Fsp3) is 0.833. The molecule has 10 heavy (non-hydrogen) atoms. The monoisotopic (exact) mass is 147 g/mol. The van der Waals surface area contributed by atoms with Gasteiger partial charge in [-0.1, -0.05) is 0 Å². The summed E-state index contributed by atoms with van der Waals surface area (Å²) in [6, 6.07) is 0. The average Bonchev–Trinajstić information content (AvgIpc) is 1.87. The van der Waals surface area contributed by atoms with E-state index in [0.717, 1.165) is 0 Å². The van der Waals surface area contributed by atoms with Crippen molar-refractivity contribution in [3.63, 3.8) is 0 Å². The molecule has 4 heteroatoms.